The fraction of sp³-hybridized carbons (Fsp3) is 0.625. The second kappa shape index (κ2) is 9.54. The molecule has 3 heteroatoms. The van der Waals surface area contributed by atoms with E-state index in [0.717, 1.165) is 29.6 Å². The van der Waals surface area contributed by atoms with Crippen molar-refractivity contribution < 1.29 is 5.11 Å². The minimum Gasteiger partial charge on any atom is -0.508 e. The zero-order chi connectivity index (χ0) is 20.1. The van der Waals surface area contributed by atoms with Crippen LogP contribution in [0.3, 0.4) is 0 Å². The maximum atomic E-state index is 10.6. The first kappa shape index (κ1) is 21.7. The Bertz CT molecular complexity index is 752. The molecule has 0 aliphatic heterocycles. The molecule has 1 aromatic heterocycles. The Kier molecular flexibility index (Phi) is 7.67. The molecule has 0 spiro atoms. The number of benzene rings is 1. The molecule has 0 radical (unpaired) electrons. The summed E-state index contributed by atoms with van der Waals surface area (Å²) >= 11 is 0. The van der Waals surface area contributed by atoms with Crippen LogP contribution in [0.15, 0.2) is 18.2 Å². The highest BCUT2D eigenvalue weighted by molar-refractivity contribution is 5.85. The normalized spacial score (nSPS) is 13.3. The fourth-order valence-electron chi connectivity index (χ4n) is 3.92. The third-order valence-electron chi connectivity index (χ3n) is 5.42. The van der Waals surface area contributed by atoms with Crippen LogP contribution in [0.25, 0.3) is 10.9 Å². The molecule has 1 unspecified atom stereocenters. The molecule has 0 fully saturated rings. The van der Waals surface area contributed by atoms with E-state index in [-0.39, 0.29) is 0 Å². The van der Waals surface area contributed by atoms with Gasteiger partial charge in [0.15, 0.2) is 0 Å². The van der Waals surface area contributed by atoms with Crippen LogP contribution in [0.5, 0.6) is 5.75 Å². The standard InChI is InChI=1S/C24H38N2O/c1-8-9-10-18(6)14-26(7)15-21-20-13-19(16(2)3)24(17(4)5)25-22(20)11-12-23(21)27/h11-13,16-18,27H,8-10,14-15H2,1-7H3. The van der Waals surface area contributed by atoms with Gasteiger partial charge in [-0.15, -0.1) is 0 Å². The second-order valence-electron chi connectivity index (χ2n) is 8.85. The van der Waals surface area contributed by atoms with E-state index < -0.39 is 0 Å². The highest BCUT2D eigenvalue weighted by atomic mass is 16.3. The van der Waals surface area contributed by atoms with Gasteiger partial charge in [-0.1, -0.05) is 54.4 Å². The van der Waals surface area contributed by atoms with Gasteiger partial charge in [-0.2, -0.15) is 0 Å². The van der Waals surface area contributed by atoms with Crippen molar-refractivity contribution in [2.24, 2.45) is 5.92 Å². The third kappa shape index (κ3) is 5.44. The van der Waals surface area contributed by atoms with Crippen LogP contribution in [-0.2, 0) is 6.54 Å². The maximum absolute atomic E-state index is 10.6. The summed E-state index contributed by atoms with van der Waals surface area (Å²) in [4.78, 5) is 7.31. The van der Waals surface area contributed by atoms with Crippen molar-refractivity contribution in [1.29, 1.82) is 0 Å². The highest BCUT2D eigenvalue weighted by Gasteiger charge is 2.17. The Morgan fingerprint density at radius 2 is 1.78 bits per heavy atom. The van der Waals surface area contributed by atoms with Crippen molar-refractivity contribution in [1.82, 2.24) is 9.88 Å². The molecular weight excluding hydrogens is 332 g/mol. The molecule has 0 amide bonds. The first-order valence-corrected chi connectivity index (χ1v) is 10.6. The van der Waals surface area contributed by atoms with Crippen LogP contribution in [0.2, 0.25) is 0 Å². The van der Waals surface area contributed by atoms with E-state index in [0.29, 0.717) is 23.5 Å². The summed E-state index contributed by atoms with van der Waals surface area (Å²) in [5, 5.41) is 11.7. The number of hydrogen-bond donors (Lipinski definition) is 1. The minimum absolute atomic E-state index is 0.379. The van der Waals surface area contributed by atoms with Crippen molar-refractivity contribution in [3.8, 4) is 5.75 Å². The minimum atomic E-state index is 0.379. The number of nitrogens with zero attached hydrogens (tertiary/aromatic N) is 2. The van der Waals surface area contributed by atoms with E-state index in [9.17, 15) is 5.11 Å². The molecule has 150 valence electrons. The Morgan fingerprint density at radius 1 is 1.07 bits per heavy atom. The average Bonchev–Trinajstić information content (AvgIpc) is 2.61. The van der Waals surface area contributed by atoms with Crippen LogP contribution in [0.1, 0.15) is 89.5 Å². The molecule has 1 atom stereocenters. The predicted molar refractivity (Wildman–Crippen MR) is 117 cm³/mol. The number of unbranched alkanes of at least 4 members (excludes halogenated alkanes) is 1. The Hall–Kier alpha value is -1.61. The Morgan fingerprint density at radius 3 is 2.37 bits per heavy atom. The summed E-state index contributed by atoms with van der Waals surface area (Å²) in [5.41, 5.74) is 4.46. The topological polar surface area (TPSA) is 36.4 Å². The van der Waals surface area contributed by atoms with Gasteiger partial charge in [0, 0.05) is 29.7 Å². The first-order chi connectivity index (χ1) is 12.7. The van der Waals surface area contributed by atoms with Gasteiger partial charge >= 0.3 is 0 Å². The number of hydrogen-bond acceptors (Lipinski definition) is 3. The van der Waals surface area contributed by atoms with Crippen molar-refractivity contribution in [3.63, 3.8) is 0 Å². The highest BCUT2D eigenvalue weighted by Crippen LogP contribution is 2.33. The lowest BCUT2D eigenvalue weighted by Gasteiger charge is -2.23. The number of aromatic nitrogens is 1. The molecule has 0 aliphatic rings. The Labute approximate surface area is 165 Å². The number of aromatic hydroxyl groups is 1. The monoisotopic (exact) mass is 370 g/mol. The van der Waals surface area contributed by atoms with E-state index in [4.69, 9.17) is 4.98 Å². The molecule has 0 saturated heterocycles. The van der Waals surface area contributed by atoms with Crippen molar-refractivity contribution in [3.05, 3.63) is 35.0 Å². The van der Waals surface area contributed by atoms with E-state index in [1.54, 1.807) is 6.07 Å². The number of rotatable bonds is 9. The summed E-state index contributed by atoms with van der Waals surface area (Å²) in [6, 6.07) is 6.03. The van der Waals surface area contributed by atoms with Gasteiger partial charge in [-0.3, -0.25) is 4.98 Å². The van der Waals surface area contributed by atoms with E-state index in [1.807, 2.05) is 6.07 Å². The van der Waals surface area contributed by atoms with Crippen LogP contribution in [0, 0.1) is 5.92 Å². The second-order valence-corrected chi connectivity index (χ2v) is 8.85. The van der Waals surface area contributed by atoms with Gasteiger partial charge in [-0.05, 0) is 55.0 Å². The zero-order valence-electron chi connectivity index (χ0n) is 18.3. The lowest BCUT2D eigenvalue weighted by molar-refractivity contribution is 0.266. The van der Waals surface area contributed by atoms with Crippen LogP contribution in [-0.4, -0.2) is 28.6 Å². The summed E-state index contributed by atoms with van der Waals surface area (Å²) in [6.07, 6.45) is 3.80. The van der Waals surface area contributed by atoms with E-state index >= 15 is 0 Å². The molecule has 27 heavy (non-hydrogen) atoms. The van der Waals surface area contributed by atoms with Crippen LogP contribution < -0.4 is 0 Å². The van der Waals surface area contributed by atoms with Gasteiger partial charge in [0.1, 0.15) is 5.75 Å². The number of phenolic OH excluding ortho intramolecular Hbond substituents is 1. The van der Waals surface area contributed by atoms with Crippen LogP contribution in [0.4, 0.5) is 0 Å². The van der Waals surface area contributed by atoms with Gasteiger partial charge in [0.05, 0.1) is 5.52 Å². The maximum Gasteiger partial charge on any atom is 0.120 e. The predicted octanol–water partition coefficient (Wildman–Crippen LogP) is 6.45. The molecule has 2 rings (SSSR count). The summed E-state index contributed by atoms with van der Waals surface area (Å²) in [7, 11) is 2.15. The molecular formula is C24H38N2O. The van der Waals surface area contributed by atoms with Crippen molar-refractivity contribution in [2.75, 3.05) is 13.6 Å². The number of phenols is 1. The number of pyridine rings is 1. The SMILES string of the molecule is CCCCC(C)CN(C)Cc1c(O)ccc2nc(C(C)C)c(C(C)C)cc12. The van der Waals surface area contributed by atoms with Gasteiger partial charge in [-0.25, -0.2) is 0 Å². The lowest BCUT2D eigenvalue weighted by Crippen LogP contribution is -2.24. The smallest absolute Gasteiger partial charge is 0.120 e. The zero-order valence-corrected chi connectivity index (χ0v) is 18.3. The quantitative estimate of drug-likeness (QED) is 0.551. The molecule has 3 nitrogen and oxygen atoms in total. The average molecular weight is 371 g/mol. The van der Waals surface area contributed by atoms with Crippen molar-refractivity contribution in [2.45, 2.75) is 79.2 Å². The molecule has 2 aromatic rings. The lowest BCUT2D eigenvalue weighted by atomic mass is 9.92. The van der Waals surface area contributed by atoms with Gasteiger partial charge in [0.2, 0.25) is 0 Å². The largest absolute Gasteiger partial charge is 0.508 e. The van der Waals surface area contributed by atoms with Crippen LogP contribution >= 0.6 is 0 Å². The molecule has 1 N–H and O–H groups in total. The third-order valence-corrected chi connectivity index (χ3v) is 5.42. The summed E-state index contributed by atoms with van der Waals surface area (Å²) in [6.45, 7) is 15.2. The first-order valence-electron chi connectivity index (χ1n) is 10.6. The van der Waals surface area contributed by atoms with E-state index in [1.165, 1.54) is 30.5 Å². The molecule has 0 aliphatic carbocycles. The summed E-state index contributed by atoms with van der Waals surface area (Å²) < 4.78 is 0. The Balaban J connectivity index is 2.38. The van der Waals surface area contributed by atoms with E-state index in [2.05, 4.69) is 59.6 Å². The number of fused-ring (bicyclic) bond motifs is 1. The summed E-state index contributed by atoms with van der Waals surface area (Å²) in [5.74, 6) is 1.86. The molecule has 0 bridgehead atoms. The molecule has 1 heterocycles. The molecule has 1 aromatic carbocycles. The molecule has 0 saturated carbocycles. The van der Waals surface area contributed by atoms with Crippen molar-refractivity contribution >= 4 is 10.9 Å². The van der Waals surface area contributed by atoms with Gasteiger partial charge in [0.25, 0.3) is 0 Å². The van der Waals surface area contributed by atoms with Gasteiger partial charge < -0.3 is 10.0 Å². The fourth-order valence-corrected chi connectivity index (χ4v) is 3.92.